The maximum Gasteiger partial charge on any atom is 0.240 e. The molecule has 20 heavy (non-hydrogen) atoms. The Morgan fingerprint density at radius 2 is 2.20 bits per heavy atom. The maximum absolute atomic E-state index is 12.0. The summed E-state index contributed by atoms with van der Waals surface area (Å²) in [5.41, 5.74) is 2.03. The fourth-order valence-corrected chi connectivity index (χ4v) is 2.56. The lowest BCUT2D eigenvalue weighted by Gasteiger charge is -2.14. The lowest BCUT2D eigenvalue weighted by Crippen LogP contribution is -2.33. The van der Waals surface area contributed by atoms with Gasteiger partial charge in [0.05, 0.1) is 17.4 Å². The zero-order valence-electron chi connectivity index (χ0n) is 11.4. The SMILES string of the molecule is O=C(Cn1cnc2ccccc21)NCC1(CCO)CC1. The Kier molecular flexibility index (Phi) is 3.44. The predicted octanol–water partition coefficient (Wildman–Crippen LogP) is 1.32. The fraction of sp³-hybridized carbons (Fsp3) is 0.467. The summed E-state index contributed by atoms with van der Waals surface area (Å²) in [5.74, 6) is -0.00244. The third kappa shape index (κ3) is 2.67. The van der Waals surface area contributed by atoms with Crippen molar-refractivity contribution in [2.24, 2.45) is 5.41 Å². The zero-order valence-corrected chi connectivity index (χ0v) is 11.4. The first-order chi connectivity index (χ1) is 9.72. The highest BCUT2D eigenvalue weighted by molar-refractivity contribution is 5.80. The molecule has 1 aromatic heterocycles. The smallest absolute Gasteiger partial charge is 0.240 e. The van der Waals surface area contributed by atoms with E-state index in [9.17, 15) is 4.79 Å². The predicted molar refractivity (Wildman–Crippen MR) is 76.1 cm³/mol. The second-order valence-corrected chi connectivity index (χ2v) is 5.61. The van der Waals surface area contributed by atoms with Crippen molar-refractivity contribution in [3.63, 3.8) is 0 Å². The lowest BCUT2D eigenvalue weighted by atomic mass is 10.0. The normalized spacial score (nSPS) is 16.2. The number of aliphatic hydroxyl groups is 1. The monoisotopic (exact) mass is 273 g/mol. The second-order valence-electron chi connectivity index (χ2n) is 5.61. The molecule has 106 valence electrons. The molecule has 1 aromatic carbocycles. The number of nitrogens with zero attached hydrogens (tertiary/aromatic N) is 2. The Hall–Kier alpha value is -1.88. The van der Waals surface area contributed by atoms with Gasteiger partial charge in [-0.3, -0.25) is 4.79 Å². The van der Waals surface area contributed by atoms with Crippen LogP contribution < -0.4 is 5.32 Å². The van der Waals surface area contributed by atoms with Gasteiger partial charge in [-0.25, -0.2) is 4.98 Å². The van der Waals surface area contributed by atoms with Crippen molar-refractivity contribution >= 4 is 16.9 Å². The van der Waals surface area contributed by atoms with E-state index in [1.807, 2.05) is 28.8 Å². The van der Waals surface area contributed by atoms with Crippen LogP contribution in [0.2, 0.25) is 0 Å². The van der Waals surface area contributed by atoms with Crippen LogP contribution in [-0.4, -0.2) is 33.7 Å². The Morgan fingerprint density at radius 1 is 1.40 bits per heavy atom. The van der Waals surface area contributed by atoms with Crippen LogP contribution in [0.25, 0.3) is 11.0 Å². The Balaban J connectivity index is 1.59. The number of imidazole rings is 1. The van der Waals surface area contributed by atoms with Crippen LogP contribution in [0, 0.1) is 5.41 Å². The number of hydrogen-bond donors (Lipinski definition) is 2. The minimum Gasteiger partial charge on any atom is -0.396 e. The molecule has 1 amide bonds. The van der Waals surface area contributed by atoms with E-state index in [0.29, 0.717) is 6.54 Å². The van der Waals surface area contributed by atoms with E-state index in [1.54, 1.807) is 6.33 Å². The second kappa shape index (κ2) is 5.25. The fourth-order valence-electron chi connectivity index (χ4n) is 2.56. The first-order valence-electron chi connectivity index (χ1n) is 7.00. The summed E-state index contributed by atoms with van der Waals surface area (Å²) in [7, 11) is 0. The summed E-state index contributed by atoms with van der Waals surface area (Å²) in [6, 6.07) is 7.78. The molecule has 0 saturated heterocycles. The number of fused-ring (bicyclic) bond motifs is 1. The summed E-state index contributed by atoms with van der Waals surface area (Å²) in [5, 5.41) is 12.0. The summed E-state index contributed by atoms with van der Waals surface area (Å²) >= 11 is 0. The number of benzene rings is 1. The van der Waals surface area contributed by atoms with Crippen LogP contribution in [0.15, 0.2) is 30.6 Å². The molecule has 5 nitrogen and oxygen atoms in total. The standard InChI is InChI=1S/C15H19N3O2/c19-8-7-15(5-6-15)10-16-14(20)9-18-11-17-12-3-1-2-4-13(12)18/h1-4,11,19H,5-10H2,(H,16,20). The van der Waals surface area contributed by atoms with Crippen molar-refractivity contribution in [2.75, 3.05) is 13.2 Å². The number of aromatic nitrogens is 2. The van der Waals surface area contributed by atoms with Gasteiger partial charge in [0.2, 0.25) is 5.91 Å². The molecule has 1 fully saturated rings. The molecule has 0 bridgehead atoms. The molecule has 0 aliphatic heterocycles. The Labute approximate surface area is 117 Å². The van der Waals surface area contributed by atoms with Gasteiger partial charge in [-0.15, -0.1) is 0 Å². The maximum atomic E-state index is 12.0. The number of carbonyl (C=O) groups excluding carboxylic acids is 1. The van der Waals surface area contributed by atoms with Gasteiger partial charge in [-0.2, -0.15) is 0 Å². The lowest BCUT2D eigenvalue weighted by molar-refractivity contribution is -0.121. The highest BCUT2D eigenvalue weighted by Gasteiger charge is 2.41. The van der Waals surface area contributed by atoms with Gasteiger partial charge >= 0.3 is 0 Å². The average Bonchev–Trinajstić information content (AvgIpc) is 3.11. The molecule has 0 atom stereocenters. The number of aliphatic hydroxyl groups excluding tert-OH is 1. The molecule has 5 heteroatoms. The number of nitrogens with one attached hydrogen (secondary N) is 1. The Bertz CT molecular complexity index is 616. The van der Waals surface area contributed by atoms with Gasteiger partial charge < -0.3 is 15.0 Å². The first kappa shape index (κ1) is 13.1. The molecule has 1 aliphatic rings. The van der Waals surface area contributed by atoms with Crippen LogP contribution in [-0.2, 0) is 11.3 Å². The molecule has 0 spiro atoms. The molecule has 0 radical (unpaired) electrons. The molecular formula is C15H19N3O2. The van der Waals surface area contributed by atoms with Crippen molar-refractivity contribution in [3.8, 4) is 0 Å². The zero-order chi connectivity index (χ0) is 14.0. The van der Waals surface area contributed by atoms with E-state index in [1.165, 1.54) is 0 Å². The van der Waals surface area contributed by atoms with Gasteiger partial charge in [0.25, 0.3) is 0 Å². The highest BCUT2D eigenvalue weighted by Crippen LogP contribution is 2.47. The number of para-hydroxylation sites is 2. The quantitative estimate of drug-likeness (QED) is 0.834. The number of amides is 1. The average molecular weight is 273 g/mol. The van der Waals surface area contributed by atoms with E-state index in [0.717, 1.165) is 30.3 Å². The number of carbonyl (C=O) groups is 1. The van der Waals surface area contributed by atoms with Gasteiger partial charge in [0.15, 0.2) is 0 Å². The molecule has 2 aromatic rings. The minimum atomic E-state index is -0.00244. The Morgan fingerprint density at radius 3 is 2.95 bits per heavy atom. The summed E-state index contributed by atoms with van der Waals surface area (Å²) < 4.78 is 1.86. The summed E-state index contributed by atoms with van der Waals surface area (Å²) in [6.07, 6.45) is 4.68. The molecule has 0 unspecified atom stereocenters. The van der Waals surface area contributed by atoms with E-state index in [-0.39, 0.29) is 24.5 Å². The van der Waals surface area contributed by atoms with Gasteiger partial charge in [-0.1, -0.05) is 12.1 Å². The molecule has 2 N–H and O–H groups in total. The van der Waals surface area contributed by atoms with Crippen molar-refractivity contribution in [2.45, 2.75) is 25.8 Å². The van der Waals surface area contributed by atoms with Gasteiger partial charge in [-0.05, 0) is 36.8 Å². The largest absolute Gasteiger partial charge is 0.396 e. The number of rotatable bonds is 6. The minimum absolute atomic E-state index is 0.00244. The molecular weight excluding hydrogens is 254 g/mol. The van der Waals surface area contributed by atoms with Crippen LogP contribution in [0.4, 0.5) is 0 Å². The topological polar surface area (TPSA) is 67.2 Å². The third-order valence-corrected chi connectivity index (χ3v) is 4.10. The van der Waals surface area contributed by atoms with E-state index in [4.69, 9.17) is 5.11 Å². The molecule has 1 saturated carbocycles. The highest BCUT2D eigenvalue weighted by atomic mass is 16.3. The van der Waals surface area contributed by atoms with Crippen LogP contribution >= 0.6 is 0 Å². The van der Waals surface area contributed by atoms with Gasteiger partial charge in [0.1, 0.15) is 6.54 Å². The van der Waals surface area contributed by atoms with E-state index >= 15 is 0 Å². The van der Waals surface area contributed by atoms with Crippen LogP contribution in [0.1, 0.15) is 19.3 Å². The van der Waals surface area contributed by atoms with Crippen molar-refractivity contribution in [3.05, 3.63) is 30.6 Å². The summed E-state index contributed by atoms with van der Waals surface area (Å²) in [4.78, 5) is 16.3. The van der Waals surface area contributed by atoms with E-state index in [2.05, 4.69) is 10.3 Å². The number of hydrogen-bond acceptors (Lipinski definition) is 3. The van der Waals surface area contributed by atoms with Crippen molar-refractivity contribution in [1.82, 2.24) is 14.9 Å². The van der Waals surface area contributed by atoms with E-state index < -0.39 is 0 Å². The van der Waals surface area contributed by atoms with Crippen LogP contribution in [0.5, 0.6) is 0 Å². The van der Waals surface area contributed by atoms with Crippen molar-refractivity contribution < 1.29 is 9.90 Å². The molecule has 1 aliphatic carbocycles. The third-order valence-electron chi connectivity index (χ3n) is 4.10. The van der Waals surface area contributed by atoms with Gasteiger partial charge in [0, 0.05) is 13.2 Å². The van der Waals surface area contributed by atoms with Crippen LogP contribution in [0.3, 0.4) is 0 Å². The first-order valence-corrected chi connectivity index (χ1v) is 7.00. The summed E-state index contributed by atoms with van der Waals surface area (Å²) in [6.45, 7) is 1.15. The molecule has 3 rings (SSSR count). The van der Waals surface area contributed by atoms with Crippen molar-refractivity contribution in [1.29, 1.82) is 0 Å². The molecule has 1 heterocycles.